The normalized spacial score (nSPS) is 10.4. The largest absolute Gasteiger partial charge is 0.489 e. The molecule has 0 heterocycles. The van der Waals surface area contributed by atoms with Crippen molar-refractivity contribution in [1.29, 1.82) is 0 Å². The second-order valence-corrected chi connectivity index (χ2v) is 6.01. The summed E-state index contributed by atoms with van der Waals surface area (Å²) in [5.74, 6) is 0.831. The summed E-state index contributed by atoms with van der Waals surface area (Å²) in [6, 6.07) is 11.9. The Bertz CT molecular complexity index is 731. The maximum absolute atomic E-state index is 10.2. The number of methoxy groups -OCH3 is 1. The van der Waals surface area contributed by atoms with E-state index in [-0.39, 0.29) is 5.17 Å². The molecule has 24 heavy (non-hydrogen) atoms. The first-order chi connectivity index (χ1) is 11.5. The van der Waals surface area contributed by atoms with E-state index >= 15 is 0 Å². The summed E-state index contributed by atoms with van der Waals surface area (Å²) in [5.41, 5.74) is 4.76. The van der Waals surface area contributed by atoms with E-state index in [1.165, 1.54) is 12.7 Å². The lowest BCUT2D eigenvalue weighted by atomic mass is 10.1. The molecule has 5 heteroatoms. The Labute approximate surface area is 148 Å². The van der Waals surface area contributed by atoms with Gasteiger partial charge in [-0.3, -0.25) is 5.21 Å². The molecule has 0 atom stereocenters. The molecule has 0 radical (unpaired) electrons. The number of benzene rings is 2. The van der Waals surface area contributed by atoms with Gasteiger partial charge >= 0.3 is 0 Å². The van der Waals surface area contributed by atoms with Crippen LogP contribution in [0.25, 0.3) is 0 Å². The van der Waals surface area contributed by atoms with Crippen molar-refractivity contribution in [3.63, 3.8) is 0 Å². The van der Waals surface area contributed by atoms with E-state index < -0.39 is 0 Å². The zero-order valence-electron chi connectivity index (χ0n) is 14.5. The molecule has 2 aromatic rings. The minimum absolute atomic E-state index is 0.00895. The zero-order chi connectivity index (χ0) is 17.7. The van der Waals surface area contributed by atoms with E-state index in [1.54, 1.807) is 0 Å². The van der Waals surface area contributed by atoms with Gasteiger partial charge in [0.15, 0.2) is 0 Å². The number of hydrogen-bond donors (Lipinski definition) is 1. The molecular formula is C19H23NO3S. The number of thiocarbonyl (C=S) groups is 1. The average molecular weight is 345 g/mol. The minimum Gasteiger partial charge on any atom is -0.489 e. The van der Waals surface area contributed by atoms with Crippen LogP contribution in [0.15, 0.2) is 36.4 Å². The number of rotatable bonds is 5. The number of hydroxylamine groups is 1. The molecule has 1 N–H and O–H groups in total. The van der Waals surface area contributed by atoms with Gasteiger partial charge in [0.05, 0.1) is 12.8 Å². The number of anilines is 1. The Hall–Kier alpha value is -2.11. The van der Waals surface area contributed by atoms with E-state index in [1.807, 2.05) is 38.1 Å². The molecule has 2 rings (SSSR count). The third-order valence-electron chi connectivity index (χ3n) is 3.85. The van der Waals surface area contributed by atoms with Gasteiger partial charge in [0.2, 0.25) is 0 Å². The summed E-state index contributed by atoms with van der Waals surface area (Å²) in [7, 11) is 1.43. The Kier molecular flexibility index (Phi) is 6.17. The SMILES string of the molecule is CCc1ccc(OCc2ccc(C)cc2N(O)C(=S)OC)c(C)c1. The van der Waals surface area contributed by atoms with Gasteiger partial charge in [-0.15, -0.1) is 0 Å². The molecule has 4 nitrogen and oxygen atoms in total. The van der Waals surface area contributed by atoms with Gasteiger partial charge in [-0.05, 0) is 61.3 Å². The molecule has 0 unspecified atom stereocenters. The van der Waals surface area contributed by atoms with Gasteiger partial charge in [0.25, 0.3) is 5.17 Å². The summed E-state index contributed by atoms with van der Waals surface area (Å²) in [5, 5.41) is 11.1. The van der Waals surface area contributed by atoms with E-state index in [0.717, 1.165) is 33.9 Å². The predicted octanol–water partition coefficient (Wildman–Crippen LogP) is 4.57. The van der Waals surface area contributed by atoms with Crippen LogP contribution in [0.2, 0.25) is 0 Å². The summed E-state index contributed by atoms with van der Waals surface area (Å²) >= 11 is 5.00. The molecule has 0 aliphatic rings. The summed E-state index contributed by atoms with van der Waals surface area (Å²) in [6.07, 6.45) is 0.997. The summed E-state index contributed by atoms with van der Waals surface area (Å²) in [6.45, 7) is 6.43. The van der Waals surface area contributed by atoms with E-state index in [2.05, 4.69) is 19.1 Å². The Morgan fingerprint density at radius 2 is 1.92 bits per heavy atom. The first-order valence-electron chi connectivity index (χ1n) is 7.85. The van der Waals surface area contributed by atoms with Crippen LogP contribution in [0.3, 0.4) is 0 Å². The van der Waals surface area contributed by atoms with Crippen LogP contribution in [-0.2, 0) is 17.8 Å². The highest BCUT2D eigenvalue weighted by molar-refractivity contribution is 7.80. The fraction of sp³-hybridized carbons (Fsp3) is 0.316. The third-order valence-corrected chi connectivity index (χ3v) is 4.19. The summed E-state index contributed by atoms with van der Waals surface area (Å²) in [4.78, 5) is 0. The first kappa shape index (κ1) is 18.2. The molecule has 0 aliphatic carbocycles. The van der Waals surface area contributed by atoms with Crippen LogP contribution in [0.4, 0.5) is 5.69 Å². The van der Waals surface area contributed by atoms with Gasteiger partial charge in [-0.2, -0.15) is 5.06 Å². The van der Waals surface area contributed by atoms with Crippen molar-refractivity contribution < 1.29 is 14.7 Å². The standard InChI is InChI=1S/C19H23NO3S/c1-5-15-7-9-18(14(3)11-15)23-12-16-8-6-13(2)10-17(16)20(21)19(24)22-4/h6-11,21H,5,12H2,1-4H3. The molecule has 0 amide bonds. The van der Waals surface area contributed by atoms with Crippen LogP contribution in [-0.4, -0.2) is 17.5 Å². The van der Waals surface area contributed by atoms with Gasteiger partial charge < -0.3 is 9.47 Å². The molecule has 0 saturated carbocycles. The smallest absolute Gasteiger partial charge is 0.288 e. The van der Waals surface area contributed by atoms with Crippen LogP contribution in [0.1, 0.15) is 29.2 Å². The van der Waals surface area contributed by atoms with E-state index in [0.29, 0.717) is 12.3 Å². The Balaban J connectivity index is 2.22. The Morgan fingerprint density at radius 3 is 2.54 bits per heavy atom. The van der Waals surface area contributed by atoms with Gasteiger partial charge in [-0.25, -0.2) is 0 Å². The van der Waals surface area contributed by atoms with Crippen LogP contribution < -0.4 is 9.80 Å². The van der Waals surface area contributed by atoms with E-state index in [9.17, 15) is 5.21 Å². The predicted molar refractivity (Wildman–Crippen MR) is 99.9 cm³/mol. The van der Waals surface area contributed by atoms with Crippen LogP contribution in [0, 0.1) is 13.8 Å². The second-order valence-electron chi connectivity index (χ2n) is 5.66. The number of nitrogens with zero attached hydrogens (tertiary/aromatic N) is 1. The number of aryl methyl sites for hydroxylation is 3. The monoisotopic (exact) mass is 345 g/mol. The molecule has 0 saturated heterocycles. The molecule has 0 aromatic heterocycles. The van der Waals surface area contributed by atoms with Crippen molar-refractivity contribution in [2.75, 3.05) is 12.2 Å². The van der Waals surface area contributed by atoms with Crippen molar-refractivity contribution in [2.45, 2.75) is 33.8 Å². The average Bonchev–Trinajstić information content (AvgIpc) is 2.59. The lowest BCUT2D eigenvalue weighted by molar-refractivity contribution is 0.264. The van der Waals surface area contributed by atoms with Gasteiger partial charge in [-0.1, -0.05) is 31.2 Å². The zero-order valence-corrected chi connectivity index (χ0v) is 15.3. The van der Waals surface area contributed by atoms with Crippen molar-refractivity contribution in [3.05, 3.63) is 58.7 Å². The lowest BCUT2D eigenvalue weighted by Crippen LogP contribution is -2.27. The molecule has 0 spiro atoms. The number of ether oxygens (including phenoxy) is 2. The highest BCUT2D eigenvalue weighted by Crippen LogP contribution is 2.25. The molecular weight excluding hydrogens is 322 g/mol. The fourth-order valence-electron chi connectivity index (χ4n) is 2.43. The molecule has 128 valence electrons. The Morgan fingerprint density at radius 1 is 1.17 bits per heavy atom. The van der Waals surface area contributed by atoms with Crippen molar-refractivity contribution in [2.24, 2.45) is 0 Å². The molecule has 2 aromatic carbocycles. The maximum atomic E-state index is 10.2. The molecule has 0 aliphatic heterocycles. The maximum Gasteiger partial charge on any atom is 0.288 e. The minimum atomic E-state index is -0.00895. The van der Waals surface area contributed by atoms with E-state index in [4.69, 9.17) is 21.7 Å². The van der Waals surface area contributed by atoms with Crippen molar-refractivity contribution >= 4 is 23.1 Å². The van der Waals surface area contributed by atoms with Gasteiger partial charge in [0.1, 0.15) is 12.4 Å². The topological polar surface area (TPSA) is 41.9 Å². The van der Waals surface area contributed by atoms with Crippen molar-refractivity contribution in [1.82, 2.24) is 0 Å². The molecule has 0 fully saturated rings. The lowest BCUT2D eigenvalue weighted by Gasteiger charge is -2.20. The van der Waals surface area contributed by atoms with Crippen LogP contribution in [0.5, 0.6) is 5.75 Å². The second kappa shape index (κ2) is 8.13. The highest BCUT2D eigenvalue weighted by Gasteiger charge is 2.15. The molecule has 0 bridgehead atoms. The van der Waals surface area contributed by atoms with Crippen LogP contribution >= 0.6 is 12.2 Å². The third kappa shape index (κ3) is 4.24. The van der Waals surface area contributed by atoms with Crippen molar-refractivity contribution in [3.8, 4) is 5.75 Å². The summed E-state index contributed by atoms with van der Waals surface area (Å²) < 4.78 is 10.9. The first-order valence-corrected chi connectivity index (χ1v) is 8.26. The fourth-order valence-corrected chi connectivity index (χ4v) is 2.53. The quantitative estimate of drug-likeness (QED) is 0.635. The number of hydrogen-bond acceptors (Lipinski definition) is 4. The highest BCUT2D eigenvalue weighted by atomic mass is 32.1. The van der Waals surface area contributed by atoms with Gasteiger partial charge in [0, 0.05) is 5.56 Å².